The Hall–Kier alpha value is -2.04. The highest BCUT2D eigenvalue weighted by Crippen LogP contribution is 2.46. The molecule has 2 aromatic carbocycles. The Balaban J connectivity index is 1.48. The summed E-state index contributed by atoms with van der Waals surface area (Å²) in [5.41, 5.74) is 1.55. The Bertz CT molecular complexity index is 788. The SMILES string of the molecule is COc1ccc(C2(O)C[C@@H]3CC[C@@H](C2)N3Cc2cccc(OC(C)C)c2)cc1. The quantitative estimate of drug-likeness (QED) is 0.800. The molecule has 2 heterocycles. The molecule has 28 heavy (non-hydrogen) atoms. The number of hydrogen-bond acceptors (Lipinski definition) is 4. The fourth-order valence-corrected chi connectivity index (χ4v) is 4.91. The second kappa shape index (κ2) is 7.76. The summed E-state index contributed by atoms with van der Waals surface area (Å²) >= 11 is 0. The van der Waals surface area contributed by atoms with E-state index in [0.29, 0.717) is 12.1 Å². The first kappa shape index (κ1) is 19.3. The van der Waals surface area contributed by atoms with Crippen molar-refractivity contribution in [3.8, 4) is 11.5 Å². The Morgan fingerprint density at radius 3 is 2.32 bits per heavy atom. The predicted molar refractivity (Wildman–Crippen MR) is 111 cm³/mol. The van der Waals surface area contributed by atoms with Gasteiger partial charge in [-0.15, -0.1) is 0 Å². The summed E-state index contributed by atoms with van der Waals surface area (Å²) in [5, 5.41) is 11.4. The van der Waals surface area contributed by atoms with Gasteiger partial charge in [-0.3, -0.25) is 4.90 Å². The van der Waals surface area contributed by atoms with Gasteiger partial charge in [0.2, 0.25) is 0 Å². The first-order valence-electron chi connectivity index (χ1n) is 10.3. The molecule has 2 bridgehead atoms. The molecule has 1 N–H and O–H groups in total. The van der Waals surface area contributed by atoms with E-state index in [0.717, 1.165) is 49.3 Å². The monoisotopic (exact) mass is 381 g/mol. The van der Waals surface area contributed by atoms with Crippen LogP contribution >= 0.6 is 0 Å². The predicted octanol–water partition coefficient (Wildman–Crippen LogP) is 4.50. The molecule has 4 rings (SSSR count). The van der Waals surface area contributed by atoms with Gasteiger partial charge in [-0.25, -0.2) is 0 Å². The van der Waals surface area contributed by atoms with Crippen molar-refractivity contribution in [1.82, 2.24) is 4.90 Å². The van der Waals surface area contributed by atoms with Gasteiger partial charge in [-0.05, 0) is 74.9 Å². The molecule has 150 valence electrons. The molecular formula is C24H31NO3. The maximum atomic E-state index is 11.4. The molecule has 4 nitrogen and oxygen atoms in total. The van der Waals surface area contributed by atoms with Crippen molar-refractivity contribution < 1.29 is 14.6 Å². The van der Waals surface area contributed by atoms with E-state index in [1.54, 1.807) is 7.11 Å². The van der Waals surface area contributed by atoms with Crippen LogP contribution in [0.5, 0.6) is 11.5 Å². The number of piperidine rings is 1. The van der Waals surface area contributed by atoms with Crippen LogP contribution in [-0.2, 0) is 12.1 Å². The van der Waals surface area contributed by atoms with Gasteiger partial charge in [0.15, 0.2) is 0 Å². The van der Waals surface area contributed by atoms with Gasteiger partial charge in [-0.1, -0.05) is 24.3 Å². The zero-order valence-corrected chi connectivity index (χ0v) is 17.1. The smallest absolute Gasteiger partial charge is 0.120 e. The molecule has 2 atom stereocenters. The number of benzene rings is 2. The van der Waals surface area contributed by atoms with Crippen LogP contribution < -0.4 is 9.47 Å². The summed E-state index contributed by atoms with van der Waals surface area (Å²) in [5.74, 6) is 1.77. The van der Waals surface area contributed by atoms with Gasteiger partial charge in [0.05, 0.1) is 18.8 Å². The van der Waals surface area contributed by atoms with Gasteiger partial charge in [0.25, 0.3) is 0 Å². The van der Waals surface area contributed by atoms with Crippen molar-refractivity contribution in [3.63, 3.8) is 0 Å². The maximum absolute atomic E-state index is 11.4. The van der Waals surface area contributed by atoms with Crippen molar-refractivity contribution in [2.75, 3.05) is 7.11 Å². The highest BCUT2D eigenvalue weighted by Gasteiger charge is 2.48. The molecule has 2 aromatic rings. The first-order valence-corrected chi connectivity index (χ1v) is 10.3. The van der Waals surface area contributed by atoms with Gasteiger partial charge in [-0.2, -0.15) is 0 Å². The lowest BCUT2D eigenvalue weighted by Gasteiger charge is -2.44. The van der Waals surface area contributed by atoms with E-state index in [9.17, 15) is 5.11 Å². The van der Waals surface area contributed by atoms with Gasteiger partial charge in [0.1, 0.15) is 11.5 Å². The highest BCUT2D eigenvalue weighted by molar-refractivity contribution is 5.33. The summed E-state index contributed by atoms with van der Waals surface area (Å²) in [6, 6.07) is 17.2. The largest absolute Gasteiger partial charge is 0.497 e. The molecule has 0 spiro atoms. The highest BCUT2D eigenvalue weighted by atomic mass is 16.5. The number of rotatable bonds is 6. The molecule has 2 saturated heterocycles. The summed E-state index contributed by atoms with van der Waals surface area (Å²) in [4.78, 5) is 2.59. The zero-order valence-electron chi connectivity index (χ0n) is 17.1. The van der Waals surface area contributed by atoms with Crippen LogP contribution in [0.15, 0.2) is 48.5 Å². The number of methoxy groups -OCH3 is 1. The van der Waals surface area contributed by atoms with Crippen molar-refractivity contribution in [3.05, 3.63) is 59.7 Å². The van der Waals surface area contributed by atoms with Crippen molar-refractivity contribution in [2.24, 2.45) is 0 Å². The van der Waals surface area contributed by atoms with Gasteiger partial charge >= 0.3 is 0 Å². The lowest BCUT2D eigenvalue weighted by atomic mass is 9.80. The van der Waals surface area contributed by atoms with Crippen LogP contribution in [0, 0.1) is 0 Å². The van der Waals surface area contributed by atoms with Gasteiger partial charge in [0, 0.05) is 18.6 Å². The van der Waals surface area contributed by atoms with Crippen molar-refractivity contribution in [2.45, 2.75) is 69.9 Å². The minimum absolute atomic E-state index is 0.181. The minimum Gasteiger partial charge on any atom is -0.497 e. The molecule has 0 amide bonds. The molecule has 2 aliphatic heterocycles. The molecule has 0 radical (unpaired) electrons. The Labute approximate surface area is 168 Å². The number of aliphatic hydroxyl groups is 1. The topological polar surface area (TPSA) is 41.9 Å². The summed E-state index contributed by atoms with van der Waals surface area (Å²) in [6.45, 7) is 5.03. The standard InChI is InChI=1S/C24H31NO3/c1-17(2)28-23-6-4-5-18(13-23)16-25-20-9-10-21(25)15-24(26,14-20)19-7-11-22(27-3)12-8-19/h4-8,11-13,17,20-21,26H,9-10,14-16H2,1-3H3/t20-,21-/m0/s1. The van der Waals surface area contributed by atoms with E-state index < -0.39 is 5.60 Å². The third-order valence-corrected chi connectivity index (χ3v) is 6.18. The van der Waals surface area contributed by atoms with Crippen LogP contribution in [0.1, 0.15) is 50.7 Å². The van der Waals surface area contributed by atoms with E-state index in [4.69, 9.17) is 9.47 Å². The Kier molecular flexibility index (Phi) is 5.35. The minimum atomic E-state index is -0.739. The van der Waals surface area contributed by atoms with E-state index >= 15 is 0 Å². The lowest BCUT2D eigenvalue weighted by molar-refractivity contribution is -0.0595. The summed E-state index contributed by atoms with van der Waals surface area (Å²) < 4.78 is 11.1. The van der Waals surface area contributed by atoms with Crippen molar-refractivity contribution >= 4 is 0 Å². The number of fused-ring (bicyclic) bond motifs is 2. The fourth-order valence-electron chi connectivity index (χ4n) is 4.91. The molecule has 0 aliphatic carbocycles. The van der Waals surface area contributed by atoms with E-state index in [-0.39, 0.29) is 6.10 Å². The number of hydrogen-bond donors (Lipinski definition) is 1. The number of ether oxygens (including phenoxy) is 2. The molecule has 0 unspecified atom stereocenters. The van der Waals surface area contributed by atoms with Crippen LogP contribution in [0.4, 0.5) is 0 Å². The number of nitrogens with zero attached hydrogens (tertiary/aromatic N) is 1. The van der Waals surface area contributed by atoms with Crippen molar-refractivity contribution in [1.29, 1.82) is 0 Å². The third-order valence-electron chi connectivity index (χ3n) is 6.18. The molecule has 2 fully saturated rings. The van der Waals surface area contributed by atoms with E-state index in [1.165, 1.54) is 5.56 Å². The molecule has 0 aromatic heterocycles. The second-order valence-electron chi connectivity index (χ2n) is 8.54. The van der Waals surface area contributed by atoms with E-state index in [2.05, 4.69) is 36.9 Å². The zero-order chi connectivity index (χ0) is 19.7. The Morgan fingerprint density at radius 2 is 1.71 bits per heavy atom. The molecule has 4 heteroatoms. The third kappa shape index (κ3) is 3.89. The summed E-state index contributed by atoms with van der Waals surface area (Å²) in [6.07, 6.45) is 4.08. The average molecular weight is 382 g/mol. The molecule has 0 saturated carbocycles. The maximum Gasteiger partial charge on any atom is 0.120 e. The van der Waals surface area contributed by atoms with Crippen LogP contribution in [-0.4, -0.2) is 35.3 Å². The first-order chi connectivity index (χ1) is 13.5. The second-order valence-corrected chi connectivity index (χ2v) is 8.54. The average Bonchev–Trinajstić information content (AvgIpc) is 2.92. The Morgan fingerprint density at radius 1 is 1.04 bits per heavy atom. The van der Waals surface area contributed by atoms with Gasteiger partial charge < -0.3 is 14.6 Å². The van der Waals surface area contributed by atoms with Crippen LogP contribution in [0.3, 0.4) is 0 Å². The molecule has 2 aliphatic rings. The van der Waals surface area contributed by atoms with E-state index in [1.807, 2.05) is 30.3 Å². The normalized spacial score (nSPS) is 27.2. The lowest BCUT2D eigenvalue weighted by Crippen LogP contribution is -2.49. The summed E-state index contributed by atoms with van der Waals surface area (Å²) in [7, 11) is 1.67. The molecular weight excluding hydrogens is 350 g/mol. The van der Waals surface area contributed by atoms with Crippen LogP contribution in [0.25, 0.3) is 0 Å². The van der Waals surface area contributed by atoms with Crippen LogP contribution in [0.2, 0.25) is 0 Å². The fraction of sp³-hybridized carbons (Fsp3) is 0.500.